The maximum absolute atomic E-state index is 6.05. The quantitative estimate of drug-likeness (QED) is 0.656. The average Bonchev–Trinajstić information content (AvgIpc) is 2.94. The van der Waals surface area contributed by atoms with Gasteiger partial charge in [0.1, 0.15) is 11.5 Å². The van der Waals surface area contributed by atoms with E-state index in [2.05, 4.69) is 48.0 Å². The standard InChI is InChI=1S/C20H19NO2S/c1-21-16-6-4-3-5-14(16)19-18-12(11-24-20(19)21)10-23-17-8-7-13(22-2)9-15(17)18/h3-9,12,18H,10-11H2,1-2H3/t12-,18+/m0/s1. The number of thioether (sulfide) groups is 1. The molecule has 3 heterocycles. The van der Waals surface area contributed by atoms with Crippen LogP contribution in [-0.4, -0.2) is 24.0 Å². The third kappa shape index (κ3) is 1.86. The molecule has 2 aromatic carbocycles. The molecule has 3 nitrogen and oxygen atoms in total. The number of fused-ring (bicyclic) bond motifs is 7. The van der Waals surface area contributed by atoms with E-state index in [0.29, 0.717) is 11.8 Å². The summed E-state index contributed by atoms with van der Waals surface area (Å²) in [5.41, 5.74) is 4.04. The number of ether oxygens (including phenoxy) is 2. The van der Waals surface area contributed by atoms with Crippen molar-refractivity contribution < 1.29 is 9.47 Å². The molecule has 2 aliphatic rings. The lowest BCUT2D eigenvalue weighted by Crippen LogP contribution is -2.31. The number of para-hydroxylation sites is 1. The molecule has 0 unspecified atom stereocenters. The van der Waals surface area contributed by atoms with Crippen molar-refractivity contribution in [2.24, 2.45) is 13.0 Å². The van der Waals surface area contributed by atoms with Crippen LogP contribution in [0.2, 0.25) is 0 Å². The zero-order chi connectivity index (χ0) is 16.3. The Balaban J connectivity index is 1.80. The van der Waals surface area contributed by atoms with Gasteiger partial charge in [-0.05, 0) is 29.8 Å². The number of methoxy groups -OCH3 is 1. The second kappa shape index (κ2) is 5.21. The number of rotatable bonds is 1. The van der Waals surface area contributed by atoms with Crippen molar-refractivity contribution >= 4 is 22.7 Å². The van der Waals surface area contributed by atoms with Gasteiger partial charge in [0.25, 0.3) is 0 Å². The number of hydrogen-bond donors (Lipinski definition) is 0. The maximum atomic E-state index is 6.05. The highest BCUT2D eigenvalue weighted by Crippen LogP contribution is 2.52. The summed E-state index contributed by atoms with van der Waals surface area (Å²) >= 11 is 1.96. The molecule has 4 heteroatoms. The lowest BCUT2D eigenvalue weighted by atomic mass is 9.79. The smallest absolute Gasteiger partial charge is 0.123 e. The molecule has 0 bridgehead atoms. The Kier molecular flexibility index (Phi) is 3.10. The molecule has 0 aliphatic carbocycles. The Morgan fingerprint density at radius 1 is 1.21 bits per heavy atom. The normalized spacial score (nSPS) is 21.6. The van der Waals surface area contributed by atoms with E-state index in [1.807, 2.05) is 17.8 Å². The minimum atomic E-state index is 0.381. The molecule has 0 saturated heterocycles. The third-order valence-electron chi connectivity index (χ3n) is 5.31. The van der Waals surface area contributed by atoms with Gasteiger partial charge in [-0.3, -0.25) is 0 Å². The van der Waals surface area contributed by atoms with Crippen LogP contribution in [0.5, 0.6) is 11.5 Å². The topological polar surface area (TPSA) is 23.4 Å². The fraction of sp³-hybridized carbons (Fsp3) is 0.300. The van der Waals surface area contributed by atoms with Gasteiger partial charge >= 0.3 is 0 Å². The summed E-state index contributed by atoms with van der Waals surface area (Å²) < 4.78 is 13.9. The predicted octanol–water partition coefficient (Wildman–Crippen LogP) is 4.43. The maximum Gasteiger partial charge on any atom is 0.123 e. The number of aromatic nitrogens is 1. The molecule has 2 aliphatic heterocycles. The van der Waals surface area contributed by atoms with E-state index in [1.54, 1.807) is 7.11 Å². The van der Waals surface area contributed by atoms with Crippen LogP contribution in [-0.2, 0) is 7.05 Å². The highest BCUT2D eigenvalue weighted by Gasteiger charge is 2.39. The zero-order valence-corrected chi connectivity index (χ0v) is 14.6. The Bertz CT molecular complexity index is 946. The van der Waals surface area contributed by atoms with Crippen LogP contribution < -0.4 is 9.47 Å². The first-order chi connectivity index (χ1) is 11.8. The van der Waals surface area contributed by atoms with E-state index in [0.717, 1.165) is 23.9 Å². The van der Waals surface area contributed by atoms with Crippen molar-refractivity contribution in [1.82, 2.24) is 4.57 Å². The van der Waals surface area contributed by atoms with Gasteiger partial charge in [-0.1, -0.05) is 18.2 Å². The Morgan fingerprint density at radius 3 is 2.96 bits per heavy atom. The number of nitrogens with zero attached hydrogens (tertiary/aromatic N) is 1. The zero-order valence-electron chi connectivity index (χ0n) is 13.8. The molecule has 3 aromatic rings. The van der Waals surface area contributed by atoms with Crippen molar-refractivity contribution in [3.05, 3.63) is 53.6 Å². The lowest BCUT2D eigenvalue weighted by molar-refractivity contribution is 0.217. The second-order valence-corrected chi connectivity index (χ2v) is 7.57. The molecule has 0 radical (unpaired) electrons. The predicted molar refractivity (Wildman–Crippen MR) is 97.5 cm³/mol. The summed E-state index contributed by atoms with van der Waals surface area (Å²) in [5.74, 6) is 3.89. The van der Waals surface area contributed by atoms with Gasteiger partial charge in [-0.25, -0.2) is 0 Å². The minimum absolute atomic E-state index is 0.381. The summed E-state index contributed by atoms with van der Waals surface area (Å²) in [6, 6.07) is 14.9. The molecule has 2 atom stereocenters. The Labute approximate surface area is 145 Å². The number of benzene rings is 2. The SMILES string of the molecule is COc1ccc2c(c1)[C@@H]1c3c(n(C)c4ccccc34)SC[C@@H]1CO2. The summed E-state index contributed by atoms with van der Waals surface area (Å²) in [6.45, 7) is 0.791. The summed E-state index contributed by atoms with van der Waals surface area (Å²) in [4.78, 5) is 0. The largest absolute Gasteiger partial charge is 0.497 e. The van der Waals surface area contributed by atoms with Gasteiger partial charge < -0.3 is 14.0 Å². The third-order valence-corrected chi connectivity index (χ3v) is 6.67. The van der Waals surface area contributed by atoms with E-state index in [4.69, 9.17) is 9.47 Å². The Morgan fingerprint density at radius 2 is 2.08 bits per heavy atom. The fourth-order valence-electron chi connectivity index (χ4n) is 4.17. The average molecular weight is 337 g/mol. The van der Waals surface area contributed by atoms with E-state index in [-0.39, 0.29) is 0 Å². The van der Waals surface area contributed by atoms with Gasteiger partial charge in [-0.15, -0.1) is 11.8 Å². The molecule has 0 fully saturated rings. The first kappa shape index (κ1) is 14.3. The highest BCUT2D eigenvalue weighted by atomic mass is 32.2. The molecule has 0 N–H and O–H groups in total. The monoisotopic (exact) mass is 337 g/mol. The number of aryl methyl sites for hydroxylation is 1. The first-order valence-corrected chi connectivity index (χ1v) is 9.27. The second-order valence-electron chi connectivity index (χ2n) is 6.56. The van der Waals surface area contributed by atoms with E-state index in [9.17, 15) is 0 Å². The molecular formula is C20H19NO2S. The number of hydrogen-bond acceptors (Lipinski definition) is 3. The Hall–Kier alpha value is -2.07. The van der Waals surface area contributed by atoms with E-state index >= 15 is 0 Å². The van der Waals surface area contributed by atoms with Gasteiger partial charge in [-0.2, -0.15) is 0 Å². The first-order valence-electron chi connectivity index (χ1n) is 8.28. The van der Waals surface area contributed by atoms with Crippen molar-refractivity contribution in [3.63, 3.8) is 0 Å². The molecule has 24 heavy (non-hydrogen) atoms. The van der Waals surface area contributed by atoms with Gasteiger partial charge in [0.15, 0.2) is 0 Å². The van der Waals surface area contributed by atoms with Crippen molar-refractivity contribution in [3.8, 4) is 11.5 Å². The van der Waals surface area contributed by atoms with Gasteiger partial charge in [0.2, 0.25) is 0 Å². The van der Waals surface area contributed by atoms with Crippen LogP contribution in [0.1, 0.15) is 17.0 Å². The van der Waals surface area contributed by atoms with Crippen molar-refractivity contribution in [2.75, 3.05) is 19.5 Å². The van der Waals surface area contributed by atoms with Crippen LogP contribution in [0.15, 0.2) is 47.5 Å². The van der Waals surface area contributed by atoms with Crippen LogP contribution in [0.25, 0.3) is 10.9 Å². The molecule has 1 aromatic heterocycles. The molecule has 0 saturated carbocycles. The lowest BCUT2D eigenvalue weighted by Gasteiger charge is -2.37. The fourth-order valence-corrected chi connectivity index (χ4v) is 5.52. The summed E-state index contributed by atoms with van der Waals surface area (Å²) in [7, 11) is 3.91. The van der Waals surface area contributed by atoms with Crippen LogP contribution >= 0.6 is 11.8 Å². The van der Waals surface area contributed by atoms with Crippen molar-refractivity contribution in [1.29, 1.82) is 0 Å². The highest BCUT2D eigenvalue weighted by molar-refractivity contribution is 7.99. The molecular weight excluding hydrogens is 318 g/mol. The summed E-state index contributed by atoms with van der Waals surface area (Å²) in [5, 5.41) is 2.76. The van der Waals surface area contributed by atoms with Crippen LogP contribution in [0, 0.1) is 5.92 Å². The molecule has 5 rings (SSSR count). The van der Waals surface area contributed by atoms with Crippen molar-refractivity contribution in [2.45, 2.75) is 10.9 Å². The molecule has 0 spiro atoms. The van der Waals surface area contributed by atoms with Crippen LogP contribution in [0.4, 0.5) is 0 Å². The summed E-state index contributed by atoms with van der Waals surface area (Å²) in [6.07, 6.45) is 0. The van der Waals surface area contributed by atoms with E-state index in [1.165, 1.54) is 27.1 Å². The van der Waals surface area contributed by atoms with Gasteiger partial charge in [0, 0.05) is 41.1 Å². The molecule has 122 valence electrons. The van der Waals surface area contributed by atoms with Gasteiger partial charge in [0.05, 0.1) is 18.7 Å². The van der Waals surface area contributed by atoms with Crippen LogP contribution in [0.3, 0.4) is 0 Å². The minimum Gasteiger partial charge on any atom is -0.497 e. The molecule has 0 amide bonds. The van der Waals surface area contributed by atoms with E-state index < -0.39 is 0 Å².